The molecule has 2 aromatic carbocycles. The van der Waals surface area contributed by atoms with E-state index in [-0.39, 0.29) is 12.1 Å². The van der Waals surface area contributed by atoms with Gasteiger partial charge >= 0.3 is 11.8 Å². The molecular weight excluding hydrogens is 362 g/mol. The Morgan fingerprint density at radius 2 is 1.52 bits per heavy atom. The Bertz CT molecular complexity index is 771. The Morgan fingerprint density at radius 1 is 0.931 bits per heavy atom. The van der Waals surface area contributed by atoms with Crippen molar-refractivity contribution in [3.05, 3.63) is 71.8 Å². The zero-order valence-electron chi connectivity index (χ0n) is 17.1. The van der Waals surface area contributed by atoms with E-state index in [9.17, 15) is 9.59 Å². The fourth-order valence-corrected chi connectivity index (χ4v) is 3.72. The molecule has 0 aromatic heterocycles. The predicted molar refractivity (Wildman–Crippen MR) is 115 cm³/mol. The van der Waals surface area contributed by atoms with Gasteiger partial charge in [-0.25, -0.2) is 0 Å². The second-order valence-electron chi connectivity index (χ2n) is 7.91. The number of rotatable bonds is 7. The molecule has 1 fully saturated rings. The SMILES string of the molecule is CC(CCc1ccccc1)NC(=O)C(=O)NC1CCN(Cc2ccccc2)CC1. The highest BCUT2D eigenvalue weighted by atomic mass is 16.2. The van der Waals surface area contributed by atoms with Crippen molar-refractivity contribution in [2.75, 3.05) is 13.1 Å². The normalized spacial score (nSPS) is 16.2. The third kappa shape index (κ3) is 7.02. The minimum atomic E-state index is -0.530. The summed E-state index contributed by atoms with van der Waals surface area (Å²) in [6, 6.07) is 20.6. The molecule has 1 saturated heterocycles. The van der Waals surface area contributed by atoms with E-state index in [1.807, 2.05) is 31.2 Å². The van der Waals surface area contributed by atoms with Crippen LogP contribution >= 0.6 is 0 Å². The Labute approximate surface area is 173 Å². The fourth-order valence-electron chi connectivity index (χ4n) is 3.72. The molecule has 2 amide bonds. The number of hydrogen-bond acceptors (Lipinski definition) is 3. The summed E-state index contributed by atoms with van der Waals surface area (Å²) < 4.78 is 0. The topological polar surface area (TPSA) is 61.4 Å². The van der Waals surface area contributed by atoms with E-state index in [2.05, 4.69) is 51.9 Å². The molecule has 154 valence electrons. The van der Waals surface area contributed by atoms with Gasteiger partial charge in [0.2, 0.25) is 0 Å². The molecule has 2 N–H and O–H groups in total. The highest BCUT2D eigenvalue weighted by Crippen LogP contribution is 2.14. The monoisotopic (exact) mass is 393 g/mol. The zero-order chi connectivity index (χ0) is 20.5. The summed E-state index contributed by atoms with van der Waals surface area (Å²) in [5.74, 6) is -1.05. The maximum atomic E-state index is 12.3. The molecular formula is C24H31N3O2. The second-order valence-corrected chi connectivity index (χ2v) is 7.91. The van der Waals surface area contributed by atoms with Gasteiger partial charge in [0.25, 0.3) is 0 Å². The summed E-state index contributed by atoms with van der Waals surface area (Å²) in [5, 5.41) is 5.72. The maximum absolute atomic E-state index is 12.3. The Morgan fingerprint density at radius 3 is 2.14 bits per heavy atom. The van der Waals surface area contributed by atoms with E-state index < -0.39 is 11.8 Å². The Balaban J connectivity index is 1.35. The number of piperidine rings is 1. The number of carbonyl (C=O) groups excluding carboxylic acids is 2. The number of nitrogens with zero attached hydrogens (tertiary/aromatic N) is 1. The minimum absolute atomic E-state index is 0.0406. The van der Waals surface area contributed by atoms with Gasteiger partial charge in [-0.2, -0.15) is 0 Å². The minimum Gasteiger partial charge on any atom is -0.345 e. The molecule has 3 rings (SSSR count). The van der Waals surface area contributed by atoms with Crippen LogP contribution in [0.3, 0.4) is 0 Å². The van der Waals surface area contributed by atoms with Crippen molar-refractivity contribution >= 4 is 11.8 Å². The van der Waals surface area contributed by atoms with E-state index in [1.54, 1.807) is 0 Å². The molecule has 0 aliphatic carbocycles. The fraction of sp³-hybridized carbons (Fsp3) is 0.417. The van der Waals surface area contributed by atoms with Crippen molar-refractivity contribution in [2.45, 2.75) is 51.2 Å². The number of nitrogens with one attached hydrogen (secondary N) is 2. The summed E-state index contributed by atoms with van der Waals surface area (Å²) in [4.78, 5) is 26.9. The van der Waals surface area contributed by atoms with Gasteiger partial charge in [0.15, 0.2) is 0 Å². The molecule has 1 unspecified atom stereocenters. The van der Waals surface area contributed by atoms with Crippen LogP contribution in [0.15, 0.2) is 60.7 Å². The summed E-state index contributed by atoms with van der Waals surface area (Å²) in [6.45, 7) is 4.72. The van der Waals surface area contributed by atoms with Crippen molar-refractivity contribution in [1.29, 1.82) is 0 Å². The zero-order valence-corrected chi connectivity index (χ0v) is 17.1. The molecule has 5 heteroatoms. The van der Waals surface area contributed by atoms with E-state index in [4.69, 9.17) is 0 Å². The number of amides is 2. The van der Waals surface area contributed by atoms with Crippen LogP contribution in [-0.2, 0) is 22.6 Å². The van der Waals surface area contributed by atoms with Gasteiger partial charge in [0, 0.05) is 31.7 Å². The molecule has 2 aromatic rings. The lowest BCUT2D eigenvalue weighted by Crippen LogP contribution is -2.50. The van der Waals surface area contributed by atoms with Crippen LogP contribution in [0, 0.1) is 0 Å². The van der Waals surface area contributed by atoms with Crippen LogP contribution < -0.4 is 10.6 Å². The lowest BCUT2D eigenvalue weighted by atomic mass is 10.0. The van der Waals surface area contributed by atoms with Crippen molar-refractivity contribution < 1.29 is 9.59 Å². The van der Waals surface area contributed by atoms with E-state index in [1.165, 1.54) is 11.1 Å². The molecule has 1 heterocycles. The number of benzene rings is 2. The lowest BCUT2D eigenvalue weighted by Gasteiger charge is -2.32. The van der Waals surface area contributed by atoms with Crippen LogP contribution in [0.5, 0.6) is 0 Å². The van der Waals surface area contributed by atoms with E-state index in [0.717, 1.165) is 45.3 Å². The third-order valence-electron chi connectivity index (χ3n) is 5.46. The Kier molecular flexibility index (Phi) is 7.82. The molecule has 0 spiro atoms. The van der Waals surface area contributed by atoms with Crippen molar-refractivity contribution in [3.63, 3.8) is 0 Å². The summed E-state index contributed by atoms with van der Waals surface area (Å²) >= 11 is 0. The number of aryl methyl sites for hydroxylation is 1. The summed E-state index contributed by atoms with van der Waals surface area (Å²) in [6.07, 6.45) is 3.43. The second kappa shape index (κ2) is 10.8. The first kappa shape index (κ1) is 21.1. The lowest BCUT2D eigenvalue weighted by molar-refractivity contribution is -0.140. The average molecular weight is 394 g/mol. The molecule has 29 heavy (non-hydrogen) atoms. The van der Waals surface area contributed by atoms with Crippen LogP contribution in [0.4, 0.5) is 0 Å². The number of hydrogen-bond donors (Lipinski definition) is 2. The van der Waals surface area contributed by atoms with Gasteiger partial charge < -0.3 is 10.6 Å². The third-order valence-corrected chi connectivity index (χ3v) is 5.46. The molecule has 5 nitrogen and oxygen atoms in total. The Hall–Kier alpha value is -2.66. The van der Waals surface area contributed by atoms with Gasteiger partial charge in [-0.05, 0) is 43.7 Å². The highest BCUT2D eigenvalue weighted by molar-refractivity contribution is 6.35. The smallest absolute Gasteiger partial charge is 0.309 e. The van der Waals surface area contributed by atoms with Crippen molar-refractivity contribution in [1.82, 2.24) is 15.5 Å². The maximum Gasteiger partial charge on any atom is 0.309 e. The molecule has 1 aliphatic rings. The summed E-state index contributed by atoms with van der Waals surface area (Å²) in [5.41, 5.74) is 2.54. The van der Waals surface area contributed by atoms with E-state index in [0.29, 0.717) is 0 Å². The summed E-state index contributed by atoms with van der Waals surface area (Å²) in [7, 11) is 0. The van der Waals surface area contributed by atoms with Gasteiger partial charge in [-0.15, -0.1) is 0 Å². The quantitative estimate of drug-likeness (QED) is 0.711. The van der Waals surface area contributed by atoms with Crippen LogP contribution in [0.25, 0.3) is 0 Å². The molecule has 1 atom stereocenters. The highest BCUT2D eigenvalue weighted by Gasteiger charge is 2.24. The van der Waals surface area contributed by atoms with Gasteiger partial charge in [-0.3, -0.25) is 14.5 Å². The van der Waals surface area contributed by atoms with E-state index >= 15 is 0 Å². The van der Waals surface area contributed by atoms with Crippen LogP contribution in [-0.4, -0.2) is 41.9 Å². The number of likely N-dealkylation sites (tertiary alicyclic amines) is 1. The van der Waals surface area contributed by atoms with Crippen molar-refractivity contribution in [2.24, 2.45) is 0 Å². The van der Waals surface area contributed by atoms with Gasteiger partial charge in [0.1, 0.15) is 0 Å². The molecule has 0 bridgehead atoms. The first-order chi connectivity index (χ1) is 14.1. The first-order valence-electron chi connectivity index (χ1n) is 10.5. The van der Waals surface area contributed by atoms with Crippen molar-refractivity contribution in [3.8, 4) is 0 Å². The average Bonchev–Trinajstić information content (AvgIpc) is 2.75. The molecule has 0 saturated carbocycles. The number of carbonyl (C=O) groups is 2. The predicted octanol–water partition coefficient (Wildman–Crippen LogP) is 2.90. The van der Waals surface area contributed by atoms with Crippen LogP contribution in [0.1, 0.15) is 37.3 Å². The molecule has 0 radical (unpaired) electrons. The standard InChI is InChI=1S/C24H31N3O2/c1-19(12-13-20-8-4-2-5-9-20)25-23(28)24(29)26-22-14-16-27(17-15-22)18-21-10-6-3-7-11-21/h2-11,19,22H,12-18H2,1H3,(H,25,28)(H,26,29). The van der Waals surface area contributed by atoms with Gasteiger partial charge in [-0.1, -0.05) is 60.7 Å². The van der Waals surface area contributed by atoms with Crippen LogP contribution in [0.2, 0.25) is 0 Å². The largest absolute Gasteiger partial charge is 0.345 e. The van der Waals surface area contributed by atoms with Gasteiger partial charge in [0.05, 0.1) is 0 Å². The molecule has 1 aliphatic heterocycles. The first-order valence-corrected chi connectivity index (χ1v) is 10.5.